The first kappa shape index (κ1) is 31.3. The van der Waals surface area contributed by atoms with Gasteiger partial charge in [0.2, 0.25) is 20.8 Å². The number of aryl methyl sites for hydroxylation is 2. The van der Waals surface area contributed by atoms with E-state index in [0.717, 1.165) is 16.0 Å². The van der Waals surface area contributed by atoms with Crippen LogP contribution in [0.5, 0.6) is 5.75 Å². The van der Waals surface area contributed by atoms with Crippen LogP contribution >= 0.6 is 11.6 Å². The van der Waals surface area contributed by atoms with Gasteiger partial charge in [0.15, 0.2) is 5.82 Å². The number of carbonyl (C=O) groups excluding carboxylic acids is 1. The summed E-state index contributed by atoms with van der Waals surface area (Å²) in [5.41, 5.74) is 2.51. The van der Waals surface area contributed by atoms with Crippen LogP contribution in [-0.4, -0.2) is 70.6 Å². The van der Waals surface area contributed by atoms with Crippen LogP contribution in [0.15, 0.2) is 29.6 Å². The van der Waals surface area contributed by atoms with Crippen molar-refractivity contribution in [2.24, 2.45) is 7.05 Å². The summed E-state index contributed by atoms with van der Waals surface area (Å²) >= 11 is 6.33. The normalized spacial score (nSPS) is 14.8. The molecular weight excluding hydrogens is 599 g/mol. The molecule has 2 aromatic heterocycles. The fourth-order valence-corrected chi connectivity index (χ4v) is 5.97. The molecule has 228 valence electrons. The number of hydrogen-bond acceptors (Lipinski definition) is 9. The van der Waals surface area contributed by atoms with Gasteiger partial charge in [-0.1, -0.05) is 11.6 Å². The number of ether oxygens (including phenoxy) is 1. The highest BCUT2D eigenvalue weighted by atomic mass is 35.5. The van der Waals surface area contributed by atoms with E-state index in [1.165, 1.54) is 24.2 Å². The number of amides is 1. The monoisotopic (exact) mass is 629 g/mol. The van der Waals surface area contributed by atoms with E-state index in [0.29, 0.717) is 24.3 Å². The molecule has 1 fully saturated rings. The zero-order valence-corrected chi connectivity index (χ0v) is 25.2. The third-order valence-corrected chi connectivity index (χ3v) is 9.34. The maximum absolute atomic E-state index is 12.8. The van der Waals surface area contributed by atoms with Crippen LogP contribution in [0.1, 0.15) is 43.7 Å². The summed E-state index contributed by atoms with van der Waals surface area (Å²) in [6.45, 7) is 5.02. The molecule has 1 saturated heterocycles. The fraction of sp³-hybridized carbons (Fsp3) is 0.462. The van der Waals surface area contributed by atoms with Crippen LogP contribution in [0.3, 0.4) is 0 Å². The average Bonchev–Trinajstić information content (AvgIpc) is 3.30. The highest BCUT2D eigenvalue weighted by Crippen LogP contribution is 2.38. The number of halogens is 4. The number of hydrogen-bond donors (Lipinski definition) is 2. The van der Waals surface area contributed by atoms with Crippen molar-refractivity contribution in [3.8, 4) is 5.75 Å². The lowest BCUT2D eigenvalue weighted by Gasteiger charge is -2.33. The van der Waals surface area contributed by atoms with Gasteiger partial charge in [0.25, 0.3) is 0 Å². The third kappa shape index (κ3) is 6.56. The van der Waals surface area contributed by atoms with Gasteiger partial charge in [-0.05, 0) is 62.8 Å². The molecule has 2 N–H and O–H groups in total. The molecule has 0 aliphatic carbocycles. The molecule has 1 aliphatic heterocycles. The topological polar surface area (TPSA) is 131 Å². The molecule has 1 aliphatic rings. The predicted octanol–water partition coefficient (Wildman–Crippen LogP) is 5.12. The number of nitrogens with one attached hydrogen (secondary N) is 2. The number of nitrogens with zero attached hydrogens (tertiary/aromatic N) is 5. The van der Waals surface area contributed by atoms with Gasteiger partial charge in [-0.25, -0.2) is 13.4 Å². The molecule has 0 saturated carbocycles. The molecule has 0 radical (unpaired) electrons. The van der Waals surface area contributed by atoms with E-state index < -0.39 is 27.2 Å². The summed E-state index contributed by atoms with van der Waals surface area (Å²) in [5, 5.41) is 9.45. The van der Waals surface area contributed by atoms with Crippen LogP contribution in [0.25, 0.3) is 0 Å². The van der Waals surface area contributed by atoms with Crippen molar-refractivity contribution in [2.75, 3.05) is 30.8 Å². The van der Waals surface area contributed by atoms with Crippen LogP contribution in [0, 0.1) is 6.92 Å². The zero-order chi connectivity index (χ0) is 31.0. The lowest BCUT2D eigenvalue weighted by molar-refractivity contribution is -0.186. The SMILES string of the molecule is COc1cc(C2CCN(C(=O)C(F)(F)F)CC2)c(C)cc1Nc1ncc(Cl)c(Nc2cn(C)nc2S(=O)(=O)C(C)C)n1. The van der Waals surface area contributed by atoms with E-state index in [1.807, 2.05) is 19.1 Å². The maximum atomic E-state index is 12.8. The van der Waals surface area contributed by atoms with Crippen molar-refractivity contribution < 1.29 is 31.1 Å². The Bertz CT molecular complexity index is 1590. The fourth-order valence-electron chi connectivity index (χ4n) is 4.73. The van der Waals surface area contributed by atoms with Crippen molar-refractivity contribution in [2.45, 2.75) is 56.0 Å². The lowest BCUT2D eigenvalue weighted by atomic mass is 9.86. The van der Waals surface area contributed by atoms with Crippen LogP contribution in [0.2, 0.25) is 5.02 Å². The molecule has 0 atom stereocenters. The Hall–Kier alpha value is -3.59. The molecular formula is C26H31ClF3N7O4S. The molecule has 16 heteroatoms. The smallest absolute Gasteiger partial charge is 0.471 e. The Morgan fingerprint density at radius 3 is 2.43 bits per heavy atom. The molecule has 3 aromatic rings. The second-order valence-corrected chi connectivity index (χ2v) is 13.1. The van der Waals surface area contributed by atoms with Crippen molar-refractivity contribution in [3.63, 3.8) is 0 Å². The number of sulfone groups is 1. The Labute approximate surface area is 246 Å². The summed E-state index contributed by atoms with van der Waals surface area (Å²) < 4.78 is 71.1. The Kier molecular flexibility index (Phi) is 8.92. The van der Waals surface area contributed by atoms with E-state index in [1.54, 1.807) is 20.9 Å². The van der Waals surface area contributed by atoms with Crippen molar-refractivity contribution in [3.05, 3.63) is 40.7 Å². The zero-order valence-electron chi connectivity index (χ0n) is 23.6. The number of anilines is 4. The van der Waals surface area contributed by atoms with Gasteiger partial charge in [-0.3, -0.25) is 9.48 Å². The highest BCUT2D eigenvalue weighted by Gasteiger charge is 2.43. The maximum Gasteiger partial charge on any atom is 0.471 e. The molecule has 4 rings (SSSR count). The Morgan fingerprint density at radius 2 is 1.83 bits per heavy atom. The highest BCUT2D eigenvalue weighted by molar-refractivity contribution is 7.92. The number of rotatable bonds is 8. The Balaban J connectivity index is 1.55. The number of aromatic nitrogens is 4. The Morgan fingerprint density at radius 1 is 1.17 bits per heavy atom. The van der Waals surface area contributed by atoms with Gasteiger partial charge in [0.05, 0.1) is 29.9 Å². The molecule has 42 heavy (non-hydrogen) atoms. The quantitative estimate of drug-likeness (QED) is 0.349. The number of carbonyl (C=O) groups is 1. The largest absolute Gasteiger partial charge is 0.495 e. The molecule has 1 amide bonds. The van der Waals surface area contributed by atoms with Gasteiger partial charge in [-0.15, -0.1) is 0 Å². The third-order valence-electron chi connectivity index (χ3n) is 6.98. The second kappa shape index (κ2) is 12.0. The van der Waals surface area contributed by atoms with Crippen molar-refractivity contribution >= 4 is 50.5 Å². The number of likely N-dealkylation sites (tertiary alicyclic amines) is 1. The van der Waals surface area contributed by atoms with Crippen LogP contribution in [0.4, 0.5) is 36.3 Å². The van der Waals surface area contributed by atoms with Gasteiger partial charge in [-0.2, -0.15) is 23.3 Å². The summed E-state index contributed by atoms with van der Waals surface area (Å²) in [6.07, 6.45) is -1.25. The minimum atomic E-state index is -4.88. The van der Waals surface area contributed by atoms with Gasteiger partial charge >= 0.3 is 12.1 Å². The van der Waals surface area contributed by atoms with Crippen molar-refractivity contribution in [1.29, 1.82) is 0 Å². The predicted molar refractivity (Wildman–Crippen MR) is 151 cm³/mol. The van der Waals surface area contributed by atoms with Crippen LogP contribution < -0.4 is 15.4 Å². The van der Waals surface area contributed by atoms with E-state index in [2.05, 4.69) is 25.7 Å². The van der Waals surface area contributed by atoms with Crippen molar-refractivity contribution in [1.82, 2.24) is 24.6 Å². The lowest BCUT2D eigenvalue weighted by Crippen LogP contribution is -2.45. The second-order valence-electron chi connectivity index (χ2n) is 10.2. The van der Waals surface area contributed by atoms with Gasteiger partial charge < -0.3 is 20.3 Å². The summed E-state index contributed by atoms with van der Waals surface area (Å²) in [6, 6.07) is 3.64. The first-order valence-corrected chi connectivity index (χ1v) is 14.9. The molecule has 1 aromatic carbocycles. The van der Waals surface area contributed by atoms with E-state index in [4.69, 9.17) is 16.3 Å². The number of benzene rings is 1. The number of methoxy groups -OCH3 is 1. The minimum Gasteiger partial charge on any atom is -0.495 e. The standard InChI is InChI=1S/C26H31ClF3N7O4S/c1-14(2)42(39,40)23-20(13-36(4)35-23)32-22-18(27)12-31-25(34-22)33-19-10-15(3)17(11-21(19)41-5)16-6-8-37(9-7-16)24(38)26(28,29)30/h10-14,16H,6-9H2,1-5H3,(H2,31,32,33,34). The molecule has 0 unspecified atom stereocenters. The van der Waals surface area contributed by atoms with Gasteiger partial charge in [0, 0.05) is 26.3 Å². The van der Waals surface area contributed by atoms with E-state index >= 15 is 0 Å². The number of piperidine rings is 1. The van der Waals surface area contributed by atoms with E-state index in [-0.39, 0.29) is 46.5 Å². The molecule has 0 spiro atoms. The molecule has 11 nitrogen and oxygen atoms in total. The minimum absolute atomic E-state index is 0.0102. The first-order valence-electron chi connectivity index (χ1n) is 13.0. The molecule has 3 heterocycles. The average molecular weight is 630 g/mol. The summed E-state index contributed by atoms with van der Waals surface area (Å²) in [4.78, 5) is 21.1. The van der Waals surface area contributed by atoms with Crippen LogP contribution in [-0.2, 0) is 21.7 Å². The van der Waals surface area contributed by atoms with Gasteiger partial charge in [0.1, 0.15) is 10.8 Å². The number of alkyl halides is 3. The summed E-state index contributed by atoms with van der Waals surface area (Å²) in [7, 11) is -0.617. The summed E-state index contributed by atoms with van der Waals surface area (Å²) in [5.74, 6) is -1.12. The molecule has 0 bridgehead atoms. The first-order chi connectivity index (χ1) is 19.6. The van der Waals surface area contributed by atoms with E-state index in [9.17, 15) is 26.4 Å².